The van der Waals surface area contributed by atoms with E-state index in [0.29, 0.717) is 11.7 Å². The number of thiophene rings is 1. The van der Waals surface area contributed by atoms with Crippen molar-refractivity contribution in [2.75, 3.05) is 0 Å². The molecule has 4 rings (SSSR count). The maximum atomic E-state index is 12.8. The van der Waals surface area contributed by atoms with Gasteiger partial charge in [-0.25, -0.2) is 0 Å². The van der Waals surface area contributed by atoms with Crippen LogP contribution in [0.2, 0.25) is 0 Å². The summed E-state index contributed by atoms with van der Waals surface area (Å²) in [5, 5.41) is 9.95. The van der Waals surface area contributed by atoms with Crippen LogP contribution in [0.5, 0.6) is 0 Å². The molecular formula is C18H23N3OS. The highest BCUT2D eigenvalue weighted by Gasteiger charge is 2.28. The standard InChI is InChI=1S/C18H23N3OS/c1-21-17-13-10-11-23-15(13)9-8-14(17)16(20-21)18(22)19-12-6-4-2-3-5-7-12/h10-12H,2-9H2,1H3,(H,19,22). The zero-order valence-corrected chi connectivity index (χ0v) is 14.4. The van der Waals surface area contributed by atoms with Crippen molar-refractivity contribution in [1.29, 1.82) is 0 Å². The van der Waals surface area contributed by atoms with E-state index in [9.17, 15) is 4.79 Å². The van der Waals surface area contributed by atoms with Crippen molar-refractivity contribution in [3.8, 4) is 11.3 Å². The molecule has 4 nitrogen and oxygen atoms in total. The minimum Gasteiger partial charge on any atom is -0.348 e. The number of aromatic nitrogens is 2. The fourth-order valence-electron chi connectivity index (χ4n) is 3.99. The first-order valence-electron chi connectivity index (χ1n) is 8.67. The number of nitrogens with zero attached hydrogens (tertiary/aromatic N) is 2. The third-order valence-electron chi connectivity index (χ3n) is 5.15. The first-order valence-corrected chi connectivity index (χ1v) is 9.55. The van der Waals surface area contributed by atoms with Gasteiger partial charge in [0.15, 0.2) is 5.69 Å². The molecule has 0 atom stereocenters. The molecule has 0 spiro atoms. The van der Waals surface area contributed by atoms with Crippen molar-refractivity contribution in [1.82, 2.24) is 15.1 Å². The Hall–Kier alpha value is -1.62. The first kappa shape index (κ1) is 14.9. The summed E-state index contributed by atoms with van der Waals surface area (Å²) in [6.45, 7) is 0. The Bertz CT molecular complexity index is 723. The first-order chi connectivity index (χ1) is 11.2. The van der Waals surface area contributed by atoms with E-state index in [-0.39, 0.29) is 5.91 Å². The molecule has 1 saturated carbocycles. The molecule has 1 N–H and O–H groups in total. The Labute approximate surface area is 140 Å². The van der Waals surface area contributed by atoms with Crippen molar-refractivity contribution in [3.05, 3.63) is 27.6 Å². The SMILES string of the molecule is Cn1nc(C(=O)NC2CCCCCC2)c2c1-c1ccsc1CC2. The molecule has 2 aromatic rings. The molecule has 122 valence electrons. The summed E-state index contributed by atoms with van der Waals surface area (Å²) in [5.74, 6) is 0.0208. The van der Waals surface area contributed by atoms with Crippen LogP contribution in [-0.4, -0.2) is 21.7 Å². The van der Waals surface area contributed by atoms with E-state index < -0.39 is 0 Å². The number of aryl methyl sites for hydroxylation is 2. The van der Waals surface area contributed by atoms with Gasteiger partial charge in [0.25, 0.3) is 5.91 Å². The zero-order chi connectivity index (χ0) is 15.8. The van der Waals surface area contributed by atoms with Crippen LogP contribution in [0.4, 0.5) is 0 Å². The summed E-state index contributed by atoms with van der Waals surface area (Å²) in [4.78, 5) is 14.2. The lowest BCUT2D eigenvalue weighted by molar-refractivity contribution is 0.0926. The van der Waals surface area contributed by atoms with Gasteiger partial charge in [0, 0.05) is 29.1 Å². The Morgan fingerprint density at radius 1 is 1.26 bits per heavy atom. The molecule has 1 fully saturated rings. The van der Waals surface area contributed by atoms with E-state index in [0.717, 1.165) is 36.9 Å². The second kappa shape index (κ2) is 6.11. The largest absolute Gasteiger partial charge is 0.348 e. The fraction of sp³-hybridized carbons (Fsp3) is 0.556. The molecule has 2 aromatic heterocycles. The Balaban J connectivity index is 1.61. The predicted molar refractivity (Wildman–Crippen MR) is 92.9 cm³/mol. The maximum Gasteiger partial charge on any atom is 0.272 e. The van der Waals surface area contributed by atoms with E-state index >= 15 is 0 Å². The molecule has 1 amide bonds. The number of rotatable bonds is 2. The summed E-state index contributed by atoms with van der Waals surface area (Å²) in [6.07, 6.45) is 9.20. The van der Waals surface area contributed by atoms with Gasteiger partial charge in [-0.3, -0.25) is 9.48 Å². The lowest BCUT2D eigenvalue weighted by Gasteiger charge is -2.17. The average molecular weight is 329 g/mol. The normalized spacial score (nSPS) is 18.1. The number of amides is 1. The number of carbonyl (C=O) groups excluding carboxylic acids is 1. The second-order valence-electron chi connectivity index (χ2n) is 6.72. The van der Waals surface area contributed by atoms with Crippen LogP contribution in [0.1, 0.15) is 59.5 Å². The van der Waals surface area contributed by atoms with Gasteiger partial charge < -0.3 is 5.32 Å². The second-order valence-corrected chi connectivity index (χ2v) is 7.72. The lowest BCUT2D eigenvalue weighted by Crippen LogP contribution is -2.35. The molecule has 2 aliphatic rings. The molecule has 5 heteroatoms. The Morgan fingerprint density at radius 3 is 2.83 bits per heavy atom. The Morgan fingerprint density at radius 2 is 2.04 bits per heavy atom. The average Bonchev–Trinajstić information content (AvgIpc) is 3.05. The minimum atomic E-state index is 0.0208. The third-order valence-corrected chi connectivity index (χ3v) is 6.13. The minimum absolute atomic E-state index is 0.0208. The van der Waals surface area contributed by atoms with E-state index in [1.54, 1.807) is 11.3 Å². The van der Waals surface area contributed by atoms with Crippen LogP contribution in [0.3, 0.4) is 0 Å². The summed E-state index contributed by atoms with van der Waals surface area (Å²) in [7, 11) is 1.95. The van der Waals surface area contributed by atoms with Gasteiger partial charge in [-0.15, -0.1) is 11.3 Å². The molecule has 0 saturated heterocycles. The number of carbonyl (C=O) groups is 1. The molecule has 0 bridgehead atoms. The van der Waals surface area contributed by atoms with Gasteiger partial charge in [-0.05, 0) is 37.1 Å². The van der Waals surface area contributed by atoms with E-state index in [2.05, 4.69) is 21.9 Å². The molecular weight excluding hydrogens is 306 g/mol. The quantitative estimate of drug-likeness (QED) is 0.854. The van der Waals surface area contributed by atoms with Crippen LogP contribution in [0.15, 0.2) is 11.4 Å². The summed E-state index contributed by atoms with van der Waals surface area (Å²) in [5.41, 5.74) is 4.17. The van der Waals surface area contributed by atoms with Gasteiger partial charge in [-0.1, -0.05) is 25.7 Å². The lowest BCUT2D eigenvalue weighted by atomic mass is 9.94. The van der Waals surface area contributed by atoms with E-state index in [1.165, 1.54) is 36.1 Å². The monoisotopic (exact) mass is 329 g/mol. The van der Waals surface area contributed by atoms with Crippen LogP contribution in [0.25, 0.3) is 11.3 Å². The molecule has 0 radical (unpaired) electrons. The molecule has 2 heterocycles. The fourth-order valence-corrected chi connectivity index (χ4v) is 4.87. The number of hydrogen-bond donors (Lipinski definition) is 1. The highest BCUT2D eigenvalue weighted by Crippen LogP contribution is 2.37. The number of fused-ring (bicyclic) bond motifs is 3. The van der Waals surface area contributed by atoms with Crippen molar-refractivity contribution in [3.63, 3.8) is 0 Å². The van der Waals surface area contributed by atoms with E-state index in [4.69, 9.17) is 0 Å². The van der Waals surface area contributed by atoms with Crippen molar-refractivity contribution in [2.24, 2.45) is 7.05 Å². The Kier molecular flexibility index (Phi) is 3.97. The van der Waals surface area contributed by atoms with Crippen LogP contribution < -0.4 is 5.32 Å². The van der Waals surface area contributed by atoms with Crippen LogP contribution >= 0.6 is 11.3 Å². The van der Waals surface area contributed by atoms with Crippen molar-refractivity contribution in [2.45, 2.75) is 57.4 Å². The smallest absolute Gasteiger partial charge is 0.272 e. The van der Waals surface area contributed by atoms with Gasteiger partial charge >= 0.3 is 0 Å². The third kappa shape index (κ3) is 2.71. The van der Waals surface area contributed by atoms with Crippen molar-refractivity contribution < 1.29 is 4.79 Å². The van der Waals surface area contributed by atoms with Gasteiger partial charge in [0.1, 0.15) is 0 Å². The molecule has 0 unspecified atom stereocenters. The summed E-state index contributed by atoms with van der Waals surface area (Å²) >= 11 is 1.80. The number of hydrogen-bond acceptors (Lipinski definition) is 3. The topological polar surface area (TPSA) is 46.9 Å². The van der Waals surface area contributed by atoms with Gasteiger partial charge in [0.2, 0.25) is 0 Å². The molecule has 0 aromatic carbocycles. The molecule has 0 aliphatic heterocycles. The highest BCUT2D eigenvalue weighted by atomic mass is 32.1. The highest BCUT2D eigenvalue weighted by molar-refractivity contribution is 7.10. The zero-order valence-electron chi connectivity index (χ0n) is 13.6. The predicted octanol–water partition coefficient (Wildman–Crippen LogP) is 3.70. The van der Waals surface area contributed by atoms with E-state index in [1.807, 2.05) is 11.7 Å². The van der Waals surface area contributed by atoms with Crippen molar-refractivity contribution >= 4 is 17.2 Å². The van der Waals surface area contributed by atoms with Crippen LogP contribution in [0, 0.1) is 0 Å². The van der Waals surface area contributed by atoms with Gasteiger partial charge in [-0.2, -0.15) is 5.10 Å². The number of nitrogens with one attached hydrogen (secondary N) is 1. The summed E-state index contributed by atoms with van der Waals surface area (Å²) in [6, 6.07) is 2.48. The van der Waals surface area contributed by atoms with Gasteiger partial charge in [0.05, 0.1) is 5.69 Å². The molecule has 23 heavy (non-hydrogen) atoms. The molecule has 2 aliphatic carbocycles. The maximum absolute atomic E-state index is 12.8. The van der Waals surface area contributed by atoms with Crippen LogP contribution in [-0.2, 0) is 19.9 Å². The summed E-state index contributed by atoms with van der Waals surface area (Å²) < 4.78 is 1.89.